The molecule has 0 spiro atoms. The molecule has 0 amide bonds. The molecule has 10 heavy (non-hydrogen) atoms. The van der Waals surface area contributed by atoms with E-state index in [0.717, 1.165) is 0 Å². The highest BCUT2D eigenvalue weighted by Gasteiger charge is 2.11. The summed E-state index contributed by atoms with van der Waals surface area (Å²) < 4.78 is 0. The monoisotopic (exact) mass is 139 g/mol. The van der Waals surface area contributed by atoms with Gasteiger partial charge in [-0.3, -0.25) is 0 Å². The minimum Gasteiger partial charge on any atom is -0.388 e. The summed E-state index contributed by atoms with van der Waals surface area (Å²) in [5.74, 6) is -0.254. The Morgan fingerprint density at radius 3 is 2.60 bits per heavy atom. The SMILES string of the molecule is C/C=C/C(O)C(C#N)CC. The van der Waals surface area contributed by atoms with Gasteiger partial charge in [-0.2, -0.15) is 5.26 Å². The number of rotatable bonds is 3. The molecule has 0 aromatic carbocycles. The van der Waals surface area contributed by atoms with Crippen molar-refractivity contribution in [1.82, 2.24) is 0 Å². The van der Waals surface area contributed by atoms with Crippen LogP contribution in [0.2, 0.25) is 0 Å². The summed E-state index contributed by atoms with van der Waals surface area (Å²) in [7, 11) is 0. The maximum Gasteiger partial charge on any atom is 0.0878 e. The summed E-state index contributed by atoms with van der Waals surface area (Å²) in [5.41, 5.74) is 0. The zero-order valence-electron chi connectivity index (χ0n) is 6.41. The third-order valence-corrected chi connectivity index (χ3v) is 1.41. The van der Waals surface area contributed by atoms with Crippen LogP contribution in [0.4, 0.5) is 0 Å². The summed E-state index contributed by atoms with van der Waals surface area (Å²) in [6, 6.07) is 2.04. The molecule has 2 nitrogen and oxygen atoms in total. The second kappa shape index (κ2) is 5.01. The Kier molecular flexibility index (Phi) is 4.61. The van der Waals surface area contributed by atoms with Gasteiger partial charge in [0.05, 0.1) is 18.1 Å². The second-order valence-corrected chi connectivity index (χ2v) is 2.16. The molecule has 0 radical (unpaired) electrons. The molecule has 56 valence electrons. The van der Waals surface area contributed by atoms with Gasteiger partial charge in [0, 0.05) is 0 Å². The zero-order valence-corrected chi connectivity index (χ0v) is 6.41. The van der Waals surface area contributed by atoms with Gasteiger partial charge in [0.25, 0.3) is 0 Å². The molecule has 0 aromatic heterocycles. The molecule has 2 atom stereocenters. The van der Waals surface area contributed by atoms with E-state index in [-0.39, 0.29) is 5.92 Å². The van der Waals surface area contributed by atoms with Crippen LogP contribution in [0.5, 0.6) is 0 Å². The first-order chi connectivity index (χ1) is 4.76. The molecule has 2 unspecified atom stereocenters. The Hall–Kier alpha value is -0.810. The molecule has 0 rings (SSSR count). The van der Waals surface area contributed by atoms with Crippen LogP contribution in [-0.2, 0) is 0 Å². The van der Waals surface area contributed by atoms with Crippen molar-refractivity contribution in [3.63, 3.8) is 0 Å². The number of aliphatic hydroxyl groups is 1. The summed E-state index contributed by atoms with van der Waals surface area (Å²) in [4.78, 5) is 0. The van der Waals surface area contributed by atoms with Crippen LogP contribution in [0, 0.1) is 17.2 Å². The lowest BCUT2D eigenvalue weighted by atomic mass is 10.0. The van der Waals surface area contributed by atoms with E-state index in [9.17, 15) is 5.11 Å². The van der Waals surface area contributed by atoms with E-state index in [2.05, 4.69) is 0 Å². The van der Waals surface area contributed by atoms with Gasteiger partial charge in [-0.05, 0) is 13.3 Å². The van der Waals surface area contributed by atoms with Gasteiger partial charge >= 0.3 is 0 Å². The summed E-state index contributed by atoms with van der Waals surface area (Å²) in [6.07, 6.45) is 3.49. The lowest BCUT2D eigenvalue weighted by Gasteiger charge is -2.08. The van der Waals surface area contributed by atoms with Gasteiger partial charge in [0.1, 0.15) is 0 Å². The quantitative estimate of drug-likeness (QED) is 0.602. The van der Waals surface area contributed by atoms with Crippen molar-refractivity contribution in [2.45, 2.75) is 26.4 Å². The highest BCUT2D eigenvalue weighted by molar-refractivity contribution is 4.97. The molecular weight excluding hydrogens is 126 g/mol. The predicted octanol–water partition coefficient (Wildman–Crippen LogP) is 1.47. The number of hydrogen-bond donors (Lipinski definition) is 1. The van der Waals surface area contributed by atoms with Crippen molar-refractivity contribution >= 4 is 0 Å². The lowest BCUT2D eigenvalue weighted by molar-refractivity contribution is 0.177. The molecule has 0 aliphatic carbocycles. The molecule has 0 saturated heterocycles. The normalized spacial score (nSPS) is 16.6. The highest BCUT2D eigenvalue weighted by Crippen LogP contribution is 2.07. The van der Waals surface area contributed by atoms with Crippen LogP contribution >= 0.6 is 0 Å². The number of nitrogens with zero attached hydrogens (tertiary/aromatic N) is 1. The number of aliphatic hydroxyl groups excluding tert-OH is 1. The molecule has 0 aliphatic heterocycles. The molecule has 0 bridgehead atoms. The molecule has 0 heterocycles. The fraction of sp³-hybridized carbons (Fsp3) is 0.625. The third kappa shape index (κ3) is 2.65. The average molecular weight is 139 g/mol. The Morgan fingerprint density at radius 1 is 1.70 bits per heavy atom. The van der Waals surface area contributed by atoms with Crippen molar-refractivity contribution in [3.05, 3.63) is 12.2 Å². The maximum atomic E-state index is 9.20. The van der Waals surface area contributed by atoms with Crippen molar-refractivity contribution in [2.75, 3.05) is 0 Å². The van der Waals surface area contributed by atoms with E-state index >= 15 is 0 Å². The van der Waals surface area contributed by atoms with Gasteiger partial charge in [0.15, 0.2) is 0 Å². The van der Waals surface area contributed by atoms with Crippen LogP contribution in [0.25, 0.3) is 0 Å². The van der Waals surface area contributed by atoms with Gasteiger partial charge in [0.2, 0.25) is 0 Å². The second-order valence-electron chi connectivity index (χ2n) is 2.16. The predicted molar refractivity (Wildman–Crippen MR) is 40.2 cm³/mol. The molecule has 0 saturated carbocycles. The Balaban J connectivity index is 3.91. The Morgan fingerprint density at radius 2 is 2.30 bits per heavy atom. The van der Waals surface area contributed by atoms with Crippen molar-refractivity contribution in [3.8, 4) is 6.07 Å². The number of allylic oxidation sites excluding steroid dienone is 1. The maximum absolute atomic E-state index is 9.20. The summed E-state index contributed by atoms with van der Waals surface area (Å²) in [5, 5.41) is 17.7. The Bertz CT molecular complexity index is 146. The van der Waals surface area contributed by atoms with Crippen LogP contribution in [-0.4, -0.2) is 11.2 Å². The third-order valence-electron chi connectivity index (χ3n) is 1.41. The average Bonchev–Trinajstić information content (AvgIpc) is 1.91. The van der Waals surface area contributed by atoms with Crippen LogP contribution in [0.15, 0.2) is 12.2 Å². The van der Waals surface area contributed by atoms with Crippen molar-refractivity contribution < 1.29 is 5.11 Å². The topological polar surface area (TPSA) is 44.0 Å². The standard InChI is InChI=1S/C8H13NO/c1-3-5-8(10)7(4-2)6-9/h3,5,7-8,10H,4H2,1-2H3/b5-3+. The molecule has 0 aromatic rings. The van der Waals surface area contributed by atoms with Crippen molar-refractivity contribution in [1.29, 1.82) is 5.26 Å². The first kappa shape index (κ1) is 9.19. The lowest BCUT2D eigenvalue weighted by Crippen LogP contribution is -2.14. The van der Waals surface area contributed by atoms with Gasteiger partial charge in [-0.15, -0.1) is 0 Å². The van der Waals surface area contributed by atoms with Crippen LogP contribution in [0.3, 0.4) is 0 Å². The van der Waals surface area contributed by atoms with Gasteiger partial charge in [-0.25, -0.2) is 0 Å². The van der Waals surface area contributed by atoms with E-state index in [4.69, 9.17) is 5.26 Å². The zero-order chi connectivity index (χ0) is 7.98. The minimum atomic E-state index is -0.597. The first-order valence-electron chi connectivity index (χ1n) is 3.46. The van der Waals surface area contributed by atoms with E-state index in [0.29, 0.717) is 6.42 Å². The Labute approximate surface area is 61.8 Å². The molecule has 0 aliphatic rings. The van der Waals surface area contributed by atoms with Crippen LogP contribution < -0.4 is 0 Å². The first-order valence-corrected chi connectivity index (χ1v) is 3.46. The largest absolute Gasteiger partial charge is 0.388 e. The van der Waals surface area contributed by atoms with Gasteiger partial charge < -0.3 is 5.11 Å². The smallest absolute Gasteiger partial charge is 0.0878 e. The summed E-state index contributed by atoms with van der Waals surface area (Å²) >= 11 is 0. The minimum absolute atomic E-state index is 0.254. The molecule has 2 heteroatoms. The van der Waals surface area contributed by atoms with Crippen LogP contribution in [0.1, 0.15) is 20.3 Å². The molecule has 0 fully saturated rings. The van der Waals surface area contributed by atoms with E-state index in [1.807, 2.05) is 19.9 Å². The summed E-state index contributed by atoms with van der Waals surface area (Å²) in [6.45, 7) is 3.72. The fourth-order valence-electron chi connectivity index (χ4n) is 0.740. The van der Waals surface area contributed by atoms with E-state index in [1.165, 1.54) is 0 Å². The fourth-order valence-corrected chi connectivity index (χ4v) is 0.740. The van der Waals surface area contributed by atoms with Crippen molar-refractivity contribution in [2.24, 2.45) is 5.92 Å². The highest BCUT2D eigenvalue weighted by atomic mass is 16.3. The number of nitriles is 1. The van der Waals surface area contributed by atoms with E-state index < -0.39 is 6.10 Å². The van der Waals surface area contributed by atoms with Gasteiger partial charge in [-0.1, -0.05) is 19.1 Å². The molecule has 1 N–H and O–H groups in total. The number of hydrogen-bond acceptors (Lipinski definition) is 2. The molecular formula is C8H13NO. The van der Waals surface area contributed by atoms with E-state index in [1.54, 1.807) is 12.2 Å².